The van der Waals surface area contributed by atoms with Crippen LogP contribution >= 0.6 is 12.6 Å². The highest BCUT2D eigenvalue weighted by molar-refractivity contribution is 7.81. The zero-order valence-electron chi connectivity index (χ0n) is 10.1. The SMILES string of the molecule is CC(S)C(=O)OC(CC(=O)[O-])C[N+](C)(C)C. The molecule has 0 N–H and O–H groups in total. The quantitative estimate of drug-likeness (QED) is 0.375. The number of hydrogen-bond donors (Lipinski definition) is 1. The lowest BCUT2D eigenvalue weighted by atomic mass is 10.2. The number of thiol groups is 1. The molecule has 0 saturated carbocycles. The molecule has 0 heterocycles. The summed E-state index contributed by atoms with van der Waals surface area (Å²) in [7, 11) is 5.67. The van der Waals surface area contributed by atoms with Crippen LogP contribution in [0.3, 0.4) is 0 Å². The molecule has 0 saturated heterocycles. The molecule has 0 bridgehead atoms. The molecular weight excluding hydrogens is 230 g/mol. The molecule has 0 aromatic carbocycles. The van der Waals surface area contributed by atoms with Crippen LogP contribution in [0.2, 0.25) is 0 Å². The third-order valence-corrected chi connectivity index (χ3v) is 1.98. The van der Waals surface area contributed by atoms with Crippen LogP contribution in [0, 0.1) is 0 Å². The number of likely N-dealkylation sites (N-methyl/N-ethyl adjacent to an activating group) is 1. The molecule has 0 amide bonds. The molecule has 0 aromatic heterocycles. The van der Waals surface area contributed by atoms with Crippen LogP contribution < -0.4 is 5.11 Å². The van der Waals surface area contributed by atoms with Gasteiger partial charge < -0.3 is 19.1 Å². The lowest BCUT2D eigenvalue weighted by Gasteiger charge is -2.29. The zero-order chi connectivity index (χ0) is 12.9. The van der Waals surface area contributed by atoms with Gasteiger partial charge in [0.25, 0.3) is 0 Å². The van der Waals surface area contributed by atoms with Crippen molar-refractivity contribution in [1.29, 1.82) is 0 Å². The highest BCUT2D eigenvalue weighted by Gasteiger charge is 2.23. The van der Waals surface area contributed by atoms with Crippen LogP contribution in [0.25, 0.3) is 0 Å². The van der Waals surface area contributed by atoms with Gasteiger partial charge in [-0.15, -0.1) is 0 Å². The number of carbonyl (C=O) groups is 2. The van der Waals surface area contributed by atoms with Crippen molar-refractivity contribution < 1.29 is 23.9 Å². The average Bonchev–Trinajstić information content (AvgIpc) is 1.98. The molecule has 0 aliphatic heterocycles. The molecule has 0 aliphatic rings. The van der Waals surface area contributed by atoms with Gasteiger partial charge in [0.15, 0.2) is 6.10 Å². The predicted octanol–water partition coefficient (Wildman–Crippen LogP) is -0.937. The molecule has 0 spiro atoms. The first kappa shape index (κ1) is 15.2. The Morgan fingerprint density at radius 2 is 1.88 bits per heavy atom. The van der Waals surface area contributed by atoms with Gasteiger partial charge in [-0.25, -0.2) is 0 Å². The van der Waals surface area contributed by atoms with E-state index < -0.39 is 23.3 Å². The summed E-state index contributed by atoms with van der Waals surface area (Å²) < 4.78 is 5.55. The first-order valence-electron chi connectivity index (χ1n) is 5.00. The fourth-order valence-electron chi connectivity index (χ4n) is 1.20. The number of quaternary nitrogens is 1. The fourth-order valence-corrected chi connectivity index (χ4v) is 1.26. The monoisotopic (exact) mass is 249 g/mol. The standard InChI is InChI=1S/C10H19NO4S/c1-7(16)10(14)15-8(5-9(12)13)6-11(2,3)4/h7-8H,5-6H2,1-4H3,(H-,12,13,16). The minimum Gasteiger partial charge on any atom is -0.550 e. The van der Waals surface area contributed by atoms with E-state index in [1.807, 2.05) is 21.1 Å². The van der Waals surface area contributed by atoms with Crippen molar-refractivity contribution in [3.05, 3.63) is 0 Å². The van der Waals surface area contributed by atoms with Crippen LogP contribution in [0.1, 0.15) is 13.3 Å². The second-order valence-corrected chi connectivity index (χ2v) is 5.56. The summed E-state index contributed by atoms with van der Waals surface area (Å²) in [5, 5.41) is 9.96. The van der Waals surface area contributed by atoms with E-state index in [1.54, 1.807) is 6.92 Å². The molecule has 16 heavy (non-hydrogen) atoms. The molecule has 0 aromatic rings. The number of aliphatic carboxylic acids is 1. The van der Waals surface area contributed by atoms with E-state index in [2.05, 4.69) is 12.6 Å². The van der Waals surface area contributed by atoms with Crippen molar-refractivity contribution in [3.63, 3.8) is 0 Å². The van der Waals surface area contributed by atoms with Gasteiger partial charge in [0, 0.05) is 12.4 Å². The number of carbonyl (C=O) groups excluding carboxylic acids is 2. The number of hydrogen-bond acceptors (Lipinski definition) is 5. The summed E-state index contributed by atoms with van der Waals surface area (Å²) in [5.74, 6) is -1.74. The minimum absolute atomic E-state index is 0.290. The molecule has 5 nitrogen and oxygen atoms in total. The molecule has 2 unspecified atom stereocenters. The van der Waals surface area contributed by atoms with Gasteiger partial charge in [-0.1, -0.05) is 0 Å². The van der Waals surface area contributed by atoms with Crippen molar-refractivity contribution in [2.45, 2.75) is 24.7 Å². The van der Waals surface area contributed by atoms with E-state index in [9.17, 15) is 14.7 Å². The van der Waals surface area contributed by atoms with E-state index in [0.717, 1.165) is 0 Å². The summed E-state index contributed by atoms with van der Waals surface area (Å²) in [6.07, 6.45) is -0.964. The third kappa shape index (κ3) is 7.53. The molecular formula is C10H19NO4S. The number of carboxylic acid groups (broad SMARTS) is 1. The van der Waals surface area contributed by atoms with Crippen LogP contribution in [0.5, 0.6) is 0 Å². The summed E-state index contributed by atoms with van der Waals surface area (Å²) in [6, 6.07) is 0. The molecule has 6 heteroatoms. The van der Waals surface area contributed by atoms with E-state index in [1.165, 1.54) is 0 Å². The van der Waals surface area contributed by atoms with Crippen molar-refractivity contribution in [2.24, 2.45) is 0 Å². The van der Waals surface area contributed by atoms with Crippen molar-refractivity contribution in [2.75, 3.05) is 27.7 Å². The Kier molecular flexibility index (Phi) is 5.81. The van der Waals surface area contributed by atoms with E-state index in [0.29, 0.717) is 11.0 Å². The summed E-state index contributed by atoms with van der Waals surface area (Å²) in [5.41, 5.74) is 0. The normalized spacial score (nSPS) is 15.3. The van der Waals surface area contributed by atoms with Gasteiger partial charge in [0.1, 0.15) is 6.54 Å². The maximum absolute atomic E-state index is 11.3. The maximum Gasteiger partial charge on any atom is 0.318 e. The number of nitrogens with zero attached hydrogens (tertiary/aromatic N) is 1. The highest BCUT2D eigenvalue weighted by atomic mass is 32.1. The minimum atomic E-state index is -1.22. The van der Waals surface area contributed by atoms with Crippen molar-refractivity contribution in [1.82, 2.24) is 0 Å². The van der Waals surface area contributed by atoms with Gasteiger partial charge in [-0.3, -0.25) is 4.79 Å². The lowest BCUT2D eigenvalue weighted by Crippen LogP contribution is -2.45. The Bertz CT molecular complexity index is 260. The maximum atomic E-state index is 11.3. The summed E-state index contributed by atoms with van der Waals surface area (Å²) >= 11 is 3.93. The fraction of sp³-hybridized carbons (Fsp3) is 0.800. The van der Waals surface area contributed by atoms with Crippen LogP contribution in [-0.2, 0) is 14.3 Å². The number of rotatable bonds is 6. The largest absolute Gasteiger partial charge is 0.550 e. The lowest BCUT2D eigenvalue weighted by molar-refractivity contribution is -0.873. The Hall–Kier alpha value is -0.750. The van der Waals surface area contributed by atoms with Crippen molar-refractivity contribution in [3.8, 4) is 0 Å². The second-order valence-electron chi connectivity index (χ2n) is 4.78. The van der Waals surface area contributed by atoms with Gasteiger partial charge in [-0.2, -0.15) is 12.6 Å². The highest BCUT2D eigenvalue weighted by Crippen LogP contribution is 2.07. The topological polar surface area (TPSA) is 66.4 Å². The number of carboxylic acids is 1. The summed E-state index contributed by atoms with van der Waals surface area (Å²) in [4.78, 5) is 21.8. The molecule has 0 fully saturated rings. The van der Waals surface area contributed by atoms with E-state index in [-0.39, 0.29) is 6.42 Å². The van der Waals surface area contributed by atoms with E-state index >= 15 is 0 Å². The van der Waals surface area contributed by atoms with Gasteiger partial charge in [0.2, 0.25) is 0 Å². The van der Waals surface area contributed by atoms with Gasteiger partial charge in [-0.05, 0) is 6.92 Å². The molecule has 0 radical (unpaired) electrons. The smallest absolute Gasteiger partial charge is 0.318 e. The van der Waals surface area contributed by atoms with E-state index in [4.69, 9.17) is 4.74 Å². The Morgan fingerprint density at radius 3 is 2.19 bits per heavy atom. The second kappa shape index (κ2) is 6.10. The summed E-state index contributed by atoms with van der Waals surface area (Å²) in [6.45, 7) is 1.99. The van der Waals surface area contributed by atoms with Gasteiger partial charge in [0.05, 0.1) is 26.4 Å². The average molecular weight is 249 g/mol. The molecule has 0 aliphatic carbocycles. The number of esters is 1. The Morgan fingerprint density at radius 1 is 1.38 bits per heavy atom. The van der Waals surface area contributed by atoms with Gasteiger partial charge >= 0.3 is 5.97 Å². The molecule has 0 rings (SSSR count). The van der Waals surface area contributed by atoms with Crippen LogP contribution in [-0.4, -0.2) is 55.5 Å². The molecule has 2 atom stereocenters. The predicted molar refractivity (Wildman–Crippen MR) is 60.9 cm³/mol. The first-order valence-corrected chi connectivity index (χ1v) is 5.52. The first-order chi connectivity index (χ1) is 7.11. The van der Waals surface area contributed by atoms with Crippen molar-refractivity contribution >= 4 is 24.6 Å². The van der Waals surface area contributed by atoms with Crippen LogP contribution in [0.4, 0.5) is 0 Å². The third-order valence-electron chi connectivity index (χ3n) is 1.77. The zero-order valence-corrected chi connectivity index (χ0v) is 11.0. The molecule has 94 valence electrons. The Balaban J connectivity index is 4.43. The number of ether oxygens (including phenoxy) is 1. The van der Waals surface area contributed by atoms with Crippen LogP contribution in [0.15, 0.2) is 0 Å². The Labute approximate surface area is 101 Å².